The molecule has 8 heteroatoms. The van der Waals surface area contributed by atoms with Crippen LogP contribution < -0.4 is 4.90 Å². The second-order valence-corrected chi connectivity index (χ2v) is 10.6. The quantitative estimate of drug-likeness (QED) is 0.469. The molecular weight excluding hydrogens is 449 g/mol. The number of nitrogens with zero attached hydrogens (tertiary/aromatic N) is 1. The van der Waals surface area contributed by atoms with Gasteiger partial charge in [0.15, 0.2) is 9.84 Å². The lowest BCUT2D eigenvalue weighted by Gasteiger charge is -2.22. The van der Waals surface area contributed by atoms with Gasteiger partial charge in [0.1, 0.15) is 0 Å². The number of benzene rings is 2. The van der Waals surface area contributed by atoms with Crippen molar-refractivity contribution in [2.75, 3.05) is 11.4 Å². The van der Waals surface area contributed by atoms with Gasteiger partial charge in [-0.2, -0.15) is 0 Å². The molecule has 3 aromatic rings. The van der Waals surface area contributed by atoms with E-state index in [9.17, 15) is 13.2 Å². The highest BCUT2D eigenvalue weighted by Crippen LogP contribution is 2.43. The second-order valence-electron chi connectivity index (χ2n) is 6.78. The van der Waals surface area contributed by atoms with Gasteiger partial charge in [-0.05, 0) is 42.3 Å². The zero-order valence-corrected chi connectivity index (χ0v) is 18.6. The first kappa shape index (κ1) is 20.4. The maximum atomic E-state index is 13.3. The van der Waals surface area contributed by atoms with E-state index >= 15 is 0 Å². The predicted molar refractivity (Wildman–Crippen MR) is 119 cm³/mol. The molecule has 0 atom stereocenters. The van der Waals surface area contributed by atoms with E-state index in [1.807, 2.05) is 13.0 Å². The average molecular weight is 466 g/mol. The molecule has 4 nitrogen and oxygen atoms in total. The number of anilines is 1. The summed E-state index contributed by atoms with van der Waals surface area (Å²) in [6.45, 7) is 2.49. The van der Waals surface area contributed by atoms with Gasteiger partial charge < -0.3 is 4.90 Å². The standard InChI is InChI=1S/C21H17Cl2NO3S2/c1-2-9-24(14-7-8-16(22)17(23)11-14)21(25)18-10-13-12-29(26,27)19-6-4-3-5-15(19)20(13)28-18/h3-8,10-11H,2,9,12H2,1H3. The van der Waals surface area contributed by atoms with Crippen LogP contribution in [0, 0.1) is 0 Å². The Bertz CT molecular complexity index is 1220. The summed E-state index contributed by atoms with van der Waals surface area (Å²) in [5, 5.41) is 0.802. The lowest BCUT2D eigenvalue weighted by atomic mass is 10.1. The maximum absolute atomic E-state index is 13.3. The topological polar surface area (TPSA) is 54.5 Å². The normalized spacial score (nSPS) is 14.2. The number of carbonyl (C=O) groups is 1. The first-order valence-electron chi connectivity index (χ1n) is 9.03. The van der Waals surface area contributed by atoms with Crippen LogP contribution in [0.1, 0.15) is 28.6 Å². The van der Waals surface area contributed by atoms with E-state index in [4.69, 9.17) is 23.2 Å². The van der Waals surface area contributed by atoms with Crippen LogP contribution >= 0.6 is 34.5 Å². The number of rotatable bonds is 4. The predicted octanol–water partition coefficient (Wildman–Crippen LogP) is 6.07. The molecule has 0 aliphatic carbocycles. The number of fused-ring (bicyclic) bond motifs is 3. The lowest BCUT2D eigenvalue weighted by molar-refractivity contribution is 0.0990. The van der Waals surface area contributed by atoms with Gasteiger partial charge in [-0.3, -0.25) is 4.79 Å². The van der Waals surface area contributed by atoms with E-state index in [-0.39, 0.29) is 11.7 Å². The van der Waals surface area contributed by atoms with Crippen molar-refractivity contribution in [3.63, 3.8) is 0 Å². The van der Waals surface area contributed by atoms with Crippen molar-refractivity contribution in [3.05, 3.63) is 69.0 Å². The lowest BCUT2D eigenvalue weighted by Crippen LogP contribution is -2.31. The fourth-order valence-corrected chi connectivity index (χ4v) is 6.64. The molecule has 0 spiro atoms. The zero-order valence-electron chi connectivity index (χ0n) is 15.5. The number of halogens is 2. The molecule has 1 aliphatic heterocycles. The highest BCUT2D eigenvalue weighted by atomic mass is 35.5. The zero-order chi connectivity index (χ0) is 20.8. The van der Waals surface area contributed by atoms with Crippen LogP contribution in [-0.4, -0.2) is 20.9 Å². The Morgan fingerprint density at radius 1 is 1.10 bits per heavy atom. The van der Waals surface area contributed by atoms with E-state index in [0.717, 1.165) is 11.3 Å². The third kappa shape index (κ3) is 3.70. The summed E-state index contributed by atoms with van der Waals surface area (Å²) < 4.78 is 25.2. The Kier molecular flexibility index (Phi) is 5.46. The van der Waals surface area contributed by atoms with E-state index < -0.39 is 9.84 Å². The van der Waals surface area contributed by atoms with E-state index in [0.29, 0.717) is 43.2 Å². The summed E-state index contributed by atoms with van der Waals surface area (Å²) in [5.74, 6) is -0.275. The number of sulfone groups is 1. The van der Waals surface area contributed by atoms with Crippen molar-refractivity contribution >= 4 is 56.0 Å². The number of hydrogen-bond acceptors (Lipinski definition) is 4. The third-order valence-electron chi connectivity index (χ3n) is 4.74. The highest BCUT2D eigenvalue weighted by molar-refractivity contribution is 7.91. The minimum absolute atomic E-state index is 0.0936. The van der Waals surface area contributed by atoms with E-state index in [2.05, 4.69) is 0 Å². The molecule has 0 N–H and O–H groups in total. The Labute approximate surface area is 183 Å². The first-order valence-corrected chi connectivity index (χ1v) is 12.3. The Morgan fingerprint density at radius 2 is 1.86 bits per heavy atom. The molecule has 0 saturated carbocycles. The molecular formula is C21H17Cl2NO3S2. The molecule has 0 bridgehead atoms. The van der Waals surface area contributed by atoms with Gasteiger partial charge in [-0.25, -0.2) is 8.42 Å². The minimum atomic E-state index is -3.41. The molecule has 1 aliphatic rings. The van der Waals surface area contributed by atoms with Crippen LogP contribution in [-0.2, 0) is 15.6 Å². The van der Waals surface area contributed by atoms with Gasteiger partial charge in [0.2, 0.25) is 0 Å². The molecule has 0 saturated heterocycles. The van der Waals surface area contributed by atoms with Crippen LogP contribution in [0.4, 0.5) is 5.69 Å². The number of hydrogen-bond donors (Lipinski definition) is 0. The molecule has 1 aromatic heterocycles. The van der Waals surface area contributed by atoms with Gasteiger partial charge in [-0.15, -0.1) is 11.3 Å². The monoisotopic (exact) mass is 465 g/mol. The van der Waals surface area contributed by atoms with Crippen LogP contribution in [0.3, 0.4) is 0 Å². The molecule has 0 radical (unpaired) electrons. The highest BCUT2D eigenvalue weighted by Gasteiger charge is 2.31. The minimum Gasteiger partial charge on any atom is -0.308 e. The molecule has 0 fully saturated rings. The fraction of sp³-hybridized carbons (Fsp3) is 0.190. The van der Waals surface area contributed by atoms with Crippen LogP contribution in [0.2, 0.25) is 10.0 Å². The van der Waals surface area contributed by atoms with Gasteiger partial charge in [0.25, 0.3) is 5.91 Å². The van der Waals surface area contributed by atoms with E-state index in [1.165, 1.54) is 11.3 Å². The molecule has 0 unspecified atom stereocenters. The molecule has 150 valence electrons. The number of carbonyl (C=O) groups excluding carboxylic acids is 1. The summed E-state index contributed by atoms with van der Waals surface area (Å²) in [6.07, 6.45) is 0.758. The third-order valence-corrected chi connectivity index (χ3v) is 8.39. The van der Waals surface area contributed by atoms with Gasteiger partial charge in [-0.1, -0.05) is 48.3 Å². The Morgan fingerprint density at radius 3 is 2.59 bits per heavy atom. The SMILES string of the molecule is CCCN(C(=O)c1cc2c(s1)-c1ccccc1S(=O)(=O)C2)c1ccc(Cl)c(Cl)c1. The first-order chi connectivity index (χ1) is 13.8. The number of amides is 1. The van der Waals surface area contributed by atoms with Crippen LogP contribution in [0.15, 0.2) is 53.4 Å². The van der Waals surface area contributed by atoms with Crippen LogP contribution in [0.25, 0.3) is 10.4 Å². The maximum Gasteiger partial charge on any atom is 0.268 e. The van der Waals surface area contributed by atoms with Crippen molar-refractivity contribution in [2.45, 2.75) is 24.0 Å². The van der Waals surface area contributed by atoms with Crippen molar-refractivity contribution in [1.82, 2.24) is 0 Å². The second kappa shape index (κ2) is 7.76. The van der Waals surface area contributed by atoms with Crippen LogP contribution in [0.5, 0.6) is 0 Å². The van der Waals surface area contributed by atoms with Crippen molar-refractivity contribution in [2.24, 2.45) is 0 Å². The summed E-state index contributed by atoms with van der Waals surface area (Å²) >= 11 is 13.5. The average Bonchev–Trinajstić information content (AvgIpc) is 3.11. The largest absolute Gasteiger partial charge is 0.308 e. The fourth-order valence-electron chi connectivity index (χ4n) is 3.43. The van der Waals surface area contributed by atoms with Gasteiger partial charge >= 0.3 is 0 Å². The summed E-state index contributed by atoms with van der Waals surface area (Å²) in [7, 11) is -3.41. The molecule has 1 amide bonds. The molecule has 2 aromatic carbocycles. The Balaban J connectivity index is 1.77. The van der Waals surface area contributed by atoms with Crippen molar-refractivity contribution in [3.8, 4) is 10.4 Å². The summed E-state index contributed by atoms with van der Waals surface area (Å²) in [4.78, 5) is 16.6. The smallest absolute Gasteiger partial charge is 0.268 e. The molecule has 29 heavy (non-hydrogen) atoms. The van der Waals surface area contributed by atoms with Crippen molar-refractivity contribution in [1.29, 1.82) is 0 Å². The molecule has 4 rings (SSSR count). The number of thiophene rings is 1. The van der Waals surface area contributed by atoms with Gasteiger partial charge in [0, 0.05) is 22.7 Å². The van der Waals surface area contributed by atoms with Gasteiger partial charge in [0.05, 0.1) is 25.6 Å². The van der Waals surface area contributed by atoms with Crippen molar-refractivity contribution < 1.29 is 13.2 Å². The van der Waals surface area contributed by atoms with E-state index in [1.54, 1.807) is 47.4 Å². The molecule has 2 heterocycles. The Hall–Kier alpha value is -1.86. The summed E-state index contributed by atoms with van der Waals surface area (Å²) in [5.41, 5.74) is 1.99. The summed E-state index contributed by atoms with van der Waals surface area (Å²) in [6, 6.07) is 13.7.